The second-order valence-corrected chi connectivity index (χ2v) is 4.87. The van der Waals surface area contributed by atoms with Gasteiger partial charge in [-0.1, -0.05) is 23.7 Å². The van der Waals surface area contributed by atoms with E-state index in [-0.39, 0.29) is 12.1 Å². The Morgan fingerprint density at radius 3 is 3.18 bits per heavy atom. The first kappa shape index (κ1) is 12.7. The lowest BCUT2D eigenvalue weighted by molar-refractivity contribution is 0.185. The Balaban J connectivity index is 2.21. The predicted octanol–water partition coefficient (Wildman–Crippen LogP) is 2.52. The molecular weight excluding hydrogens is 238 g/mol. The summed E-state index contributed by atoms with van der Waals surface area (Å²) in [4.78, 5) is 0. The van der Waals surface area contributed by atoms with Crippen molar-refractivity contribution >= 4 is 11.6 Å². The predicted molar refractivity (Wildman–Crippen MR) is 68.6 cm³/mol. The number of benzene rings is 1. The Labute approximate surface area is 107 Å². The fraction of sp³-hybridized carbons (Fsp3) is 0.538. The van der Waals surface area contributed by atoms with Crippen molar-refractivity contribution in [1.29, 1.82) is 0 Å². The zero-order chi connectivity index (χ0) is 12.3. The van der Waals surface area contributed by atoms with Gasteiger partial charge in [0.15, 0.2) is 0 Å². The molecule has 94 valence electrons. The quantitative estimate of drug-likeness (QED) is 0.872. The van der Waals surface area contributed by atoms with E-state index >= 15 is 0 Å². The van der Waals surface area contributed by atoms with E-state index in [4.69, 9.17) is 16.3 Å². The summed E-state index contributed by atoms with van der Waals surface area (Å²) >= 11 is 6.14. The molecule has 4 heteroatoms. The molecule has 17 heavy (non-hydrogen) atoms. The van der Waals surface area contributed by atoms with E-state index in [1.807, 2.05) is 18.2 Å². The minimum atomic E-state index is -0.346. The molecule has 1 aromatic rings. The van der Waals surface area contributed by atoms with Crippen LogP contribution >= 0.6 is 11.6 Å². The maximum absolute atomic E-state index is 9.34. The van der Waals surface area contributed by atoms with Crippen molar-refractivity contribution in [3.63, 3.8) is 0 Å². The monoisotopic (exact) mass is 255 g/mol. The molecule has 1 heterocycles. The van der Waals surface area contributed by atoms with E-state index in [9.17, 15) is 5.11 Å². The van der Waals surface area contributed by atoms with Gasteiger partial charge in [0.1, 0.15) is 5.75 Å². The van der Waals surface area contributed by atoms with Crippen molar-refractivity contribution < 1.29 is 9.84 Å². The SMILES string of the molecule is CC(O)CNC1CCCOc2c(Cl)cccc21. The Bertz CT molecular complexity index is 382. The van der Waals surface area contributed by atoms with Gasteiger partial charge in [-0.15, -0.1) is 0 Å². The number of halogens is 1. The largest absolute Gasteiger partial charge is 0.492 e. The molecule has 1 aliphatic heterocycles. The van der Waals surface area contributed by atoms with E-state index in [1.54, 1.807) is 6.92 Å². The molecular formula is C13H18ClNO2. The van der Waals surface area contributed by atoms with Crippen LogP contribution in [-0.2, 0) is 0 Å². The van der Waals surface area contributed by atoms with Crippen molar-refractivity contribution in [2.24, 2.45) is 0 Å². The maximum atomic E-state index is 9.34. The summed E-state index contributed by atoms with van der Waals surface area (Å²) in [6, 6.07) is 6.03. The third kappa shape index (κ3) is 3.12. The van der Waals surface area contributed by atoms with Crippen LogP contribution in [-0.4, -0.2) is 24.4 Å². The molecule has 0 radical (unpaired) electrons. The Morgan fingerprint density at radius 1 is 1.59 bits per heavy atom. The van der Waals surface area contributed by atoms with Crippen LogP contribution in [0, 0.1) is 0 Å². The summed E-state index contributed by atoms with van der Waals surface area (Å²) in [6.07, 6.45) is 1.64. The Hall–Kier alpha value is -0.770. The molecule has 0 aromatic heterocycles. The average Bonchev–Trinajstić information content (AvgIpc) is 2.50. The molecule has 0 fully saturated rings. The molecule has 2 N–H and O–H groups in total. The fourth-order valence-electron chi connectivity index (χ4n) is 2.09. The highest BCUT2D eigenvalue weighted by Crippen LogP contribution is 2.36. The van der Waals surface area contributed by atoms with E-state index in [2.05, 4.69) is 5.32 Å². The van der Waals surface area contributed by atoms with Gasteiger partial charge in [-0.2, -0.15) is 0 Å². The number of nitrogens with one attached hydrogen (secondary N) is 1. The molecule has 2 unspecified atom stereocenters. The maximum Gasteiger partial charge on any atom is 0.142 e. The molecule has 0 saturated heterocycles. The van der Waals surface area contributed by atoms with Crippen LogP contribution in [0.15, 0.2) is 18.2 Å². The summed E-state index contributed by atoms with van der Waals surface area (Å²) in [6.45, 7) is 3.05. The van der Waals surface area contributed by atoms with Gasteiger partial charge < -0.3 is 15.2 Å². The fourth-order valence-corrected chi connectivity index (χ4v) is 2.33. The van der Waals surface area contributed by atoms with E-state index in [0.29, 0.717) is 18.2 Å². The van der Waals surface area contributed by atoms with Gasteiger partial charge in [0.2, 0.25) is 0 Å². The minimum absolute atomic E-state index is 0.209. The summed E-state index contributed by atoms with van der Waals surface area (Å²) < 4.78 is 5.68. The number of fused-ring (bicyclic) bond motifs is 1. The van der Waals surface area contributed by atoms with Crippen LogP contribution in [0.5, 0.6) is 5.75 Å². The zero-order valence-corrected chi connectivity index (χ0v) is 10.7. The molecule has 0 saturated carbocycles. The number of para-hydroxylation sites is 1. The van der Waals surface area contributed by atoms with Crippen LogP contribution in [0.1, 0.15) is 31.4 Å². The highest BCUT2D eigenvalue weighted by atomic mass is 35.5. The van der Waals surface area contributed by atoms with Crippen LogP contribution in [0.2, 0.25) is 5.02 Å². The number of ether oxygens (including phenoxy) is 1. The molecule has 0 bridgehead atoms. The topological polar surface area (TPSA) is 41.5 Å². The number of hydrogen-bond donors (Lipinski definition) is 2. The van der Waals surface area contributed by atoms with Gasteiger partial charge >= 0.3 is 0 Å². The first-order chi connectivity index (χ1) is 8.18. The molecule has 1 aromatic carbocycles. The lowest BCUT2D eigenvalue weighted by Crippen LogP contribution is -2.28. The summed E-state index contributed by atoms with van der Waals surface area (Å²) in [5.41, 5.74) is 1.09. The van der Waals surface area contributed by atoms with Crippen LogP contribution in [0.3, 0.4) is 0 Å². The number of aliphatic hydroxyl groups is 1. The number of hydrogen-bond acceptors (Lipinski definition) is 3. The van der Waals surface area contributed by atoms with Crippen molar-refractivity contribution in [2.75, 3.05) is 13.2 Å². The second-order valence-electron chi connectivity index (χ2n) is 4.46. The summed E-state index contributed by atoms with van der Waals surface area (Å²) in [5.74, 6) is 0.787. The molecule has 0 amide bonds. The second kappa shape index (κ2) is 5.71. The van der Waals surface area contributed by atoms with Gasteiger partial charge in [0, 0.05) is 18.2 Å². The standard InChI is InChI=1S/C13H18ClNO2/c1-9(16)8-15-12-6-3-7-17-13-10(12)4-2-5-11(13)14/h2,4-5,9,12,15-16H,3,6-8H2,1H3. The molecule has 3 nitrogen and oxygen atoms in total. The van der Waals surface area contributed by atoms with Gasteiger partial charge in [-0.3, -0.25) is 0 Å². The van der Waals surface area contributed by atoms with Gasteiger partial charge in [0.05, 0.1) is 17.7 Å². The molecule has 1 aliphatic rings. The molecule has 0 spiro atoms. The third-order valence-corrected chi connectivity index (χ3v) is 3.21. The summed E-state index contributed by atoms with van der Waals surface area (Å²) in [5, 5.41) is 13.4. The summed E-state index contributed by atoms with van der Waals surface area (Å²) in [7, 11) is 0. The highest BCUT2D eigenvalue weighted by molar-refractivity contribution is 6.32. The Kier molecular flexibility index (Phi) is 4.26. The lowest BCUT2D eigenvalue weighted by atomic mass is 10.0. The van der Waals surface area contributed by atoms with Crippen LogP contribution < -0.4 is 10.1 Å². The molecule has 0 aliphatic carbocycles. The van der Waals surface area contributed by atoms with Crippen molar-refractivity contribution in [1.82, 2.24) is 5.32 Å². The van der Waals surface area contributed by atoms with Crippen molar-refractivity contribution in [3.05, 3.63) is 28.8 Å². The zero-order valence-electron chi connectivity index (χ0n) is 9.95. The molecule has 2 rings (SSSR count). The number of aliphatic hydroxyl groups excluding tert-OH is 1. The third-order valence-electron chi connectivity index (χ3n) is 2.92. The van der Waals surface area contributed by atoms with E-state index in [0.717, 1.165) is 24.2 Å². The Morgan fingerprint density at radius 2 is 2.41 bits per heavy atom. The average molecular weight is 256 g/mol. The van der Waals surface area contributed by atoms with Crippen molar-refractivity contribution in [3.8, 4) is 5.75 Å². The minimum Gasteiger partial charge on any atom is -0.492 e. The van der Waals surface area contributed by atoms with Gasteiger partial charge in [-0.05, 0) is 25.8 Å². The van der Waals surface area contributed by atoms with Crippen LogP contribution in [0.25, 0.3) is 0 Å². The van der Waals surface area contributed by atoms with Gasteiger partial charge in [-0.25, -0.2) is 0 Å². The first-order valence-electron chi connectivity index (χ1n) is 6.01. The highest BCUT2D eigenvalue weighted by Gasteiger charge is 2.21. The van der Waals surface area contributed by atoms with Crippen LogP contribution in [0.4, 0.5) is 0 Å². The van der Waals surface area contributed by atoms with E-state index < -0.39 is 0 Å². The van der Waals surface area contributed by atoms with Gasteiger partial charge in [0.25, 0.3) is 0 Å². The molecule has 2 atom stereocenters. The van der Waals surface area contributed by atoms with E-state index in [1.165, 1.54) is 0 Å². The normalized spacial score (nSPS) is 21.2. The smallest absolute Gasteiger partial charge is 0.142 e. The van der Waals surface area contributed by atoms with Crippen molar-refractivity contribution in [2.45, 2.75) is 31.9 Å². The first-order valence-corrected chi connectivity index (χ1v) is 6.39. The number of rotatable bonds is 3. The lowest BCUT2D eigenvalue weighted by Gasteiger charge is -2.19.